The third-order valence-electron chi connectivity index (χ3n) is 3.93. The molecule has 3 aromatic rings. The maximum atomic E-state index is 12.2. The van der Waals surface area contributed by atoms with E-state index < -0.39 is 0 Å². The van der Waals surface area contributed by atoms with Crippen LogP contribution in [-0.4, -0.2) is 17.9 Å². The number of methoxy groups -OCH3 is 1. The number of aromatic nitrogens is 1. The fraction of sp³-hybridized carbons (Fsp3) is 0.150. The van der Waals surface area contributed by atoms with Crippen molar-refractivity contribution in [1.82, 2.24) is 4.98 Å². The maximum Gasteiger partial charge on any atom is 0.162 e. The number of nitrogens with one attached hydrogen (secondary N) is 1. The summed E-state index contributed by atoms with van der Waals surface area (Å²) in [7, 11) is 1.65. The highest BCUT2D eigenvalue weighted by Gasteiger charge is 2.16. The van der Waals surface area contributed by atoms with Gasteiger partial charge in [-0.05, 0) is 42.2 Å². The number of hydrogen-bond acceptors (Lipinski definition) is 2. The van der Waals surface area contributed by atoms with Crippen molar-refractivity contribution < 1.29 is 9.53 Å². The normalized spacial score (nSPS) is 10.5. The first-order valence-corrected chi connectivity index (χ1v) is 7.58. The van der Waals surface area contributed by atoms with Gasteiger partial charge >= 0.3 is 0 Å². The monoisotopic (exact) mass is 305 g/mol. The zero-order valence-electron chi connectivity index (χ0n) is 13.3. The van der Waals surface area contributed by atoms with Crippen LogP contribution in [-0.2, 0) is 6.42 Å². The molecule has 0 saturated carbocycles. The third-order valence-corrected chi connectivity index (χ3v) is 3.93. The van der Waals surface area contributed by atoms with Gasteiger partial charge in [-0.1, -0.05) is 42.5 Å². The van der Waals surface area contributed by atoms with E-state index in [2.05, 4.69) is 4.98 Å². The molecule has 1 aromatic heterocycles. The van der Waals surface area contributed by atoms with Crippen LogP contribution in [0.5, 0.6) is 5.75 Å². The molecule has 0 unspecified atom stereocenters. The van der Waals surface area contributed by atoms with Crippen molar-refractivity contribution in [1.29, 1.82) is 0 Å². The number of hydrogen-bond donors (Lipinski definition) is 1. The van der Waals surface area contributed by atoms with Crippen molar-refractivity contribution in [3.63, 3.8) is 0 Å². The first kappa shape index (κ1) is 15.1. The number of Topliss-reactive ketones (excluding diaryl/α,β-unsaturated/α-hetero) is 1. The van der Waals surface area contributed by atoms with Gasteiger partial charge in [0.2, 0.25) is 0 Å². The van der Waals surface area contributed by atoms with E-state index in [0.29, 0.717) is 6.42 Å². The second-order valence-corrected chi connectivity index (χ2v) is 5.51. The topological polar surface area (TPSA) is 42.1 Å². The molecular weight excluding hydrogens is 286 g/mol. The van der Waals surface area contributed by atoms with Crippen LogP contribution in [0.1, 0.15) is 28.4 Å². The number of carbonyl (C=O) groups excluding carboxylic acids is 1. The van der Waals surface area contributed by atoms with Gasteiger partial charge in [-0.15, -0.1) is 0 Å². The SMILES string of the molecule is COc1ccc(Cc2c[nH]c(-c3ccccc3)c2C(C)=O)cc1. The van der Waals surface area contributed by atoms with Gasteiger partial charge in [0.15, 0.2) is 5.78 Å². The highest BCUT2D eigenvalue weighted by Crippen LogP contribution is 2.27. The van der Waals surface area contributed by atoms with E-state index >= 15 is 0 Å². The van der Waals surface area contributed by atoms with E-state index in [1.165, 1.54) is 0 Å². The van der Waals surface area contributed by atoms with Crippen LogP contribution < -0.4 is 4.74 Å². The zero-order valence-corrected chi connectivity index (χ0v) is 13.3. The van der Waals surface area contributed by atoms with Crippen LogP contribution in [0, 0.1) is 0 Å². The van der Waals surface area contributed by atoms with Crippen LogP contribution in [0.25, 0.3) is 11.3 Å². The summed E-state index contributed by atoms with van der Waals surface area (Å²) in [5.41, 5.74) is 4.85. The fourth-order valence-corrected chi connectivity index (χ4v) is 2.80. The molecule has 3 rings (SSSR count). The van der Waals surface area contributed by atoms with Gasteiger partial charge in [-0.2, -0.15) is 0 Å². The van der Waals surface area contributed by atoms with Crippen molar-refractivity contribution in [2.45, 2.75) is 13.3 Å². The van der Waals surface area contributed by atoms with E-state index in [0.717, 1.165) is 33.7 Å². The van der Waals surface area contributed by atoms with E-state index in [-0.39, 0.29) is 5.78 Å². The number of ether oxygens (including phenoxy) is 1. The Kier molecular flexibility index (Phi) is 4.29. The number of ketones is 1. The molecule has 0 radical (unpaired) electrons. The molecule has 0 atom stereocenters. The molecule has 0 saturated heterocycles. The van der Waals surface area contributed by atoms with Gasteiger partial charge in [0, 0.05) is 11.8 Å². The fourth-order valence-electron chi connectivity index (χ4n) is 2.80. The molecule has 2 aromatic carbocycles. The van der Waals surface area contributed by atoms with Gasteiger partial charge in [-0.25, -0.2) is 0 Å². The third kappa shape index (κ3) is 3.19. The number of carbonyl (C=O) groups is 1. The zero-order chi connectivity index (χ0) is 16.2. The molecule has 0 aliphatic carbocycles. The van der Waals surface area contributed by atoms with Crippen molar-refractivity contribution in [2.75, 3.05) is 7.11 Å². The molecular formula is C20H19NO2. The van der Waals surface area contributed by atoms with Gasteiger partial charge in [0.05, 0.1) is 12.8 Å². The Hall–Kier alpha value is -2.81. The second-order valence-electron chi connectivity index (χ2n) is 5.51. The highest BCUT2D eigenvalue weighted by molar-refractivity contribution is 6.01. The predicted molar refractivity (Wildman–Crippen MR) is 92.0 cm³/mol. The Bertz CT molecular complexity index is 801. The molecule has 3 heteroatoms. The molecule has 0 fully saturated rings. The molecule has 1 N–H and O–H groups in total. The van der Waals surface area contributed by atoms with E-state index in [1.54, 1.807) is 14.0 Å². The summed E-state index contributed by atoms with van der Waals surface area (Å²) in [6.07, 6.45) is 2.64. The molecule has 23 heavy (non-hydrogen) atoms. The second kappa shape index (κ2) is 6.53. The maximum absolute atomic E-state index is 12.2. The Morgan fingerprint density at radius 2 is 1.74 bits per heavy atom. The van der Waals surface area contributed by atoms with Crippen LogP contribution in [0.4, 0.5) is 0 Å². The van der Waals surface area contributed by atoms with Crippen molar-refractivity contribution in [3.8, 4) is 17.0 Å². The summed E-state index contributed by atoms with van der Waals surface area (Å²) in [6.45, 7) is 1.62. The smallest absolute Gasteiger partial charge is 0.162 e. The van der Waals surface area contributed by atoms with Crippen LogP contribution >= 0.6 is 0 Å². The largest absolute Gasteiger partial charge is 0.497 e. The number of H-pyrrole nitrogens is 1. The Labute approximate surface area is 135 Å². The van der Waals surface area contributed by atoms with E-state index in [4.69, 9.17) is 4.74 Å². The molecule has 0 aliphatic rings. The quantitative estimate of drug-likeness (QED) is 0.706. The average molecular weight is 305 g/mol. The Morgan fingerprint density at radius 1 is 1.04 bits per heavy atom. The Balaban J connectivity index is 1.96. The van der Waals surface area contributed by atoms with Crippen LogP contribution in [0.2, 0.25) is 0 Å². The molecule has 1 heterocycles. The van der Waals surface area contributed by atoms with E-state index in [1.807, 2.05) is 60.8 Å². The minimum absolute atomic E-state index is 0.0774. The van der Waals surface area contributed by atoms with Gasteiger partial charge in [0.1, 0.15) is 5.75 Å². The lowest BCUT2D eigenvalue weighted by atomic mass is 9.98. The van der Waals surface area contributed by atoms with Crippen molar-refractivity contribution >= 4 is 5.78 Å². The first-order valence-electron chi connectivity index (χ1n) is 7.58. The summed E-state index contributed by atoms with van der Waals surface area (Å²) in [6, 6.07) is 17.9. The van der Waals surface area contributed by atoms with Crippen molar-refractivity contribution in [2.24, 2.45) is 0 Å². The number of rotatable bonds is 5. The average Bonchev–Trinajstić information content (AvgIpc) is 3.00. The summed E-state index contributed by atoms with van der Waals surface area (Å²) in [4.78, 5) is 15.4. The van der Waals surface area contributed by atoms with Gasteiger partial charge < -0.3 is 9.72 Å². The lowest BCUT2D eigenvalue weighted by molar-refractivity contribution is 0.101. The minimum Gasteiger partial charge on any atom is -0.497 e. The lowest BCUT2D eigenvalue weighted by Crippen LogP contribution is -1.99. The highest BCUT2D eigenvalue weighted by atomic mass is 16.5. The van der Waals surface area contributed by atoms with E-state index in [9.17, 15) is 4.79 Å². The number of aromatic amines is 1. The molecule has 116 valence electrons. The number of benzene rings is 2. The summed E-state index contributed by atoms with van der Waals surface area (Å²) in [5.74, 6) is 0.910. The summed E-state index contributed by atoms with van der Waals surface area (Å²) < 4.78 is 5.18. The van der Waals surface area contributed by atoms with Crippen molar-refractivity contribution in [3.05, 3.63) is 77.5 Å². The Morgan fingerprint density at radius 3 is 2.35 bits per heavy atom. The summed E-state index contributed by atoms with van der Waals surface area (Å²) >= 11 is 0. The van der Waals surface area contributed by atoms with Gasteiger partial charge in [0.25, 0.3) is 0 Å². The standard InChI is InChI=1S/C20H19NO2/c1-14(22)19-17(12-15-8-10-18(23-2)11-9-15)13-21-20(19)16-6-4-3-5-7-16/h3-11,13,21H,12H2,1-2H3. The lowest BCUT2D eigenvalue weighted by Gasteiger charge is -2.06. The minimum atomic E-state index is 0.0774. The molecule has 0 aliphatic heterocycles. The summed E-state index contributed by atoms with van der Waals surface area (Å²) in [5, 5.41) is 0. The molecule has 0 bridgehead atoms. The van der Waals surface area contributed by atoms with Crippen LogP contribution in [0.3, 0.4) is 0 Å². The molecule has 0 amide bonds. The molecule has 0 spiro atoms. The van der Waals surface area contributed by atoms with Crippen LogP contribution in [0.15, 0.2) is 60.8 Å². The predicted octanol–water partition coefficient (Wildman–Crippen LogP) is 4.48. The first-order chi connectivity index (χ1) is 11.2. The van der Waals surface area contributed by atoms with Gasteiger partial charge in [-0.3, -0.25) is 4.79 Å². The molecule has 3 nitrogen and oxygen atoms in total.